The van der Waals surface area contributed by atoms with Crippen molar-refractivity contribution in [3.05, 3.63) is 170 Å². The summed E-state index contributed by atoms with van der Waals surface area (Å²) in [4.78, 5) is 5.33. The number of hydrogen-bond acceptors (Lipinski definition) is 1. The van der Waals surface area contributed by atoms with Crippen LogP contribution in [0.25, 0.3) is 93.1 Å². The number of para-hydroxylation sites is 3. The summed E-state index contributed by atoms with van der Waals surface area (Å²) >= 11 is 0. The lowest BCUT2D eigenvalue weighted by atomic mass is 9.89. The minimum absolute atomic E-state index is 0.980. The molecule has 0 bridgehead atoms. The summed E-state index contributed by atoms with van der Waals surface area (Å²) in [5.41, 5.74) is 9.12. The van der Waals surface area contributed by atoms with Crippen LogP contribution < -0.4 is 0 Å². The highest BCUT2D eigenvalue weighted by molar-refractivity contribution is 6.37. The first-order valence-corrected chi connectivity index (χ1v) is 16.2. The van der Waals surface area contributed by atoms with E-state index in [2.05, 4.69) is 174 Å². The fraction of sp³-hybridized carbons (Fsp3) is 0. The van der Waals surface area contributed by atoms with Gasteiger partial charge in [0.15, 0.2) is 0 Å². The summed E-state index contributed by atoms with van der Waals surface area (Å²) in [7, 11) is 0. The van der Waals surface area contributed by atoms with E-state index >= 15 is 0 Å². The Morgan fingerprint density at radius 3 is 1.70 bits per heavy atom. The van der Waals surface area contributed by atoms with Crippen molar-refractivity contribution in [1.82, 2.24) is 9.55 Å². The lowest BCUT2D eigenvalue weighted by Gasteiger charge is -2.17. The van der Waals surface area contributed by atoms with Gasteiger partial charge in [-0.1, -0.05) is 133 Å². The third-order valence-corrected chi connectivity index (χ3v) is 9.73. The Morgan fingerprint density at radius 2 is 0.936 bits per heavy atom. The minimum atomic E-state index is 0.980. The van der Waals surface area contributed by atoms with Crippen LogP contribution in [0.4, 0.5) is 0 Å². The van der Waals surface area contributed by atoms with Gasteiger partial charge in [-0.2, -0.15) is 0 Å². The van der Waals surface area contributed by atoms with Gasteiger partial charge in [-0.25, -0.2) is 4.98 Å². The average molecular weight is 597 g/mol. The van der Waals surface area contributed by atoms with Crippen molar-refractivity contribution in [3.8, 4) is 28.1 Å². The van der Waals surface area contributed by atoms with E-state index in [1.165, 1.54) is 65.3 Å². The topological polar surface area (TPSA) is 17.8 Å². The van der Waals surface area contributed by atoms with Gasteiger partial charge >= 0.3 is 0 Å². The first-order valence-electron chi connectivity index (χ1n) is 16.2. The smallest absolute Gasteiger partial charge is 0.0722 e. The van der Waals surface area contributed by atoms with Crippen LogP contribution >= 0.6 is 0 Å². The van der Waals surface area contributed by atoms with E-state index in [0.29, 0.717) is 0 Å². The third kappa shape index (κ3) is 3.82. The van der Waals surface area contributed by atoms with Crippen LogP contribution in [0.15, 0.2) is 170 Å². The Balaban J connectivity index is 1.42. The van der Waals surface area contributed by atoms with Crippen molar-refractivity contribution in [3.63, 3.8) is 0 Å². The van der Waals surface area contributed by atoms with Crippen molar-refractivity contribution < 1.29 is 0 Å². The first kappa shape index (κ1) is 26.0. The molecule has 2 aromatic heterocycles. The molecular weight excluding hydrogens is 569 g/mol. The Kier molecular flexibility index (Phi) is 5.61. The molecule has 10 rings (SSSR count). The fourth-order valence-corrected chi connectivity index (χ4v) is 7.76. The van der Waals surface area contributed by atoms with E-state index in [-0.39, 0.29) is 0 Å². The average Bonchev–Trinajstić information content (AvgIpc) is 3.50. The van der Waals surface area contributed by atoms with Crippen LogP contribution in [0.1, 0.15) is 0 Å². The molecule has 0 saturated heterocycles. The first-order chi connectivity index (χ1) is 23.3. The quantitative estimate of drug-likeness (QED) is 0.186. The predicted molar refractivity (Wildman–Crippen MR) is 199 cm³/mol. The van der Waals surface area contributed by atoms with Gasteiger partial charge in [0.2, 0.25) is 0 Å². The zero-order valence-corrected chi connectivity index (χ0v) is 25.6. The summed E-state index contributed by atoms with van der Waals surface area (Å²) in [5.74, 6) is 0. The number of hydrogen-bond donors (Lipinski definition) is 0. The van der Waals surface area contributed by atoms with Gasteiger partial charge in [-0.05, 0) is 74.5 Å². The highest BCUT2D eigenvalue weighted by atomic mass is 15.0. The van der Waals surface area contributed by atoms with Crippen molar-refractivity contribution in [1.29, 1.82) is 0 Å². The Hall–Kier alpha value is -6.25. The summed E-state index contributed by atoms with van der Waals surface area (Å²) in [6, 6.07) is 61.3. The van der Waals surface area contributed by atoms with Crippen LogP contribution in [-0.4, -0.2) is 9.55 Å². The molecule has 0 fully saturated rings. The standard InChI is InChI=1S/C45H28N2/c1-3-15-29(16-4-1)37-28-41(46-40-25-13-11-21-33(37)40)38-27-39-32-20-8-10-23-35(32)43-36-24-12-14-26-42(36)47(30-17-5-2-6-18-30)45(43)44(39)34-22-9-7-19-31(34)38/h1-28H. The second-order valence-corrected chi connectivity index (χ2v) is 12.3. The molecule has 2 heteroatoms. The summed E-state index contributed by atoms with van der Waals surface area (Å²) in [6.45, 7) is 0. The monoisotopic (exact) mass is 596 g/mol. The number of rotatable bonds is 3. The van der Waals surface area contributed by atoms with Crippen LogP contribution in [-0.2, 0) is 0 Å². The second-order valence-electron chi connectivity index (χ2n) is 12.3. The molecule has 0 aliphatic rings. The molecule has 8 aromatic carbocycles. The van der Waals surface area contributed by atoms with E-state index in [1.54, 1.807) is 0 Å². The second kappa shape index (κ2) is 10.1. The maximum absolute atomic E-state index is 5.33. The predicted octanol–water partition coefficient (Wildman–Crippen LogP) is 12.1. The Labute approximate surface area is 271 Å². The Bertz CT molecular complexity index is 2830. The molecule has 0 aliphatic heterocycles. The van der Waals surface area contributed by atoms with Crippen molar-refractivity contribution >= 4 is 65.0 Å². The highest BCUT2D eigenvalue weighted by Crippen LogP contribution is 2.47. The molecule has 0 unspecified atom stereocenters. The zero-order valence-electron chi connectivity index (χ0n) is 25.6. The lowest BCUT2D eigenvalue weighted by Crippen LogP contribution is -1.96. The van der Waals surface area contributed by atoms with E-state index < -0.39 is 0 Å². The molecule has 0 saturated carbocycles. The number of fused-ring (bicyclic) bond motifs is 11. The Morgan fingerprint density at radius 1 is 0.383 bits per heavy atom. The summed E-state index contributed by atoms with van der Waals surface area (Å²) in [5, 5.41) is 11.2. The van der Waals surface area contributed by atoms with Crippen LogP contribution in [0, 0.1) is 0 Å². The molecule has 0 spiro atoms. The van der Waals surface area contributed by atoms with Crippen molar-refractivity contribution in [2.24, 2.45) is 0 Å². The molecule has 0 N–H and O–H groups in total. The van der Waals surface area contributed by atoms with Gasteiger partial charge in [0, 0.05) is 32.8 Å². The van der Waals surface area contributed by atoms with Crippen molar-refractivity contribution in [2.75, 3.05) is 0 Å². The van der Waals surface area contributed by atoms with Crippen LogP contribution in [0.3, 0.4) is 0 Å². The zero-order chi connectivity index (χ0) is 30.9. The van der Waals surface area contributed by atoms with Gasteiger partial charge < -0.3 is 4.57 Å². The van der Waals surface area contributed by atoms with E-state index in [1.807, 2.05) is 0 Å². The number of nitrogens with zero attached hydrogens (tertiary/aromatic N) is 2. The molecule has 218 valence electrons. The molecule has 0 atom stereocenters. The third-order valence-electron chi connectivity index (χ3n) is 9.73. The molecule has 0 aliphatic carbocycles. The lowest BCUT2D eigenvalue weighted by molar-refractivity contribution is 1.19. The van der Waals surface area contributed by atoms with Gasteiger partial charge in [-0.3, -0.25) is 0 Å². The molecule has 2 nitrogen and oxygen atoms in total. The summed E-state index contributed by atoms with van der Waals surface area (Å²) in [6.07, 6.45) is 0. The van der Waals surface area contributed by atoms with Gasteiger partial charge in [0.1, 0.15) is 0 Å². The number of pyridine rings is 1. The van der Waals surface area contributed by atoms with Gasteiger partial charge in [-0.15, -0.1) is 0 Å². The van der Waals surface area contributed by atoms with E-state index in [4.69, 9.17) is 4.98 Å². The minimum Gasteiger partial charge on any atom is -0.309 e. The van der Waals surface area contributed by atoms with Gasteiger partial charge in [0.25, 0.3) is 0 Å². The maximum atomic E-state index is 5.33. The van der Waals surface area contributed by atoms with Crippen LogP contribution in [0.5, 0.6) is 0 Å². The molecule has 47 heavy (non-hydrogen) atoms. The normalized spacial score (nSPS) is 11.8. The van der Waals surface area contributed by atoms with Gasteiger partial charge in [0.05, 0.1) is 22.2 Å². The largest absolute Gasteiger partial charge is 0.309 e. The SMILES string of the molecule is c1ccc(-c2cc(-c3cc4c5ccccc5c5c6ccccc6n(-c6ccccc6)c5c4c4ccccc34)nc3ccccc23)cc1. The molecule has 10 aromatic rings. The molecule has 0 amide bonds. The number of aromatic nitrogens is 2. The summed E-state index contributed by atoms with van der Waals surface area (Å²) < 4.78 is 2.47. The molecule has 2 heterocycles. The number of benzene rings is 8. The van der Waals surface area contributed by atoms with Crippen molar-refractivity contribution in [2.45, 2.75) is 0 Å². The highest BCUT2D eigenvalue weighted by Gasteiger charge is 2.22. The van der Waals surface area contributed by atoms with Crippen LogP contribution in [0.2, 0.25) is 0 Å². The van der Waals surface area contributed by atoms with E-state index in [0.717, 1.165) is 27.8 Å². The fourth-order valence-electron chi connectivity index (χ4n) is 7.76. The molecule has 0 radical (unpaired) electrons. The van der Waals surface area contributed by atoms with E-state index in [9.17, 15) is 0 Å². The maximum Gasteiger partial charge on any atom is 0.0722 e. The molecular formula is C45H28N2.